The van der Waals surface area contributed by atoms with Gasteiger partial charge in [-0.1, -0.05) is 12.1 Å². The van der Waals surface area contributed by atoms with Gasteiger partial charge in [0.25, 0.3) is 0 Å². The first-order valence-electron chi connectivity index (χ1n) is 4.73. The molecule has 4 heteroatoms. The van der Waals surface area contributed by atoms with Crippen LogP contribution in [0.15, 0.2) is 18.2 Å². The largest absolute Gasteiger partial charge is 0.481 e. The van der Waals surface area contributed by atoms with Crippen LogP contribution in [0, 0.1) is 0 Å². The lowest BCUT2D eigenvalue weighted by Crippen LogP contribution is -2.07. The minimum absolute atomic E-state index is 0.0369. The van der Waals surface area contributed by atoms with E-state index in [2.05, 4.69) is 5.32 Å². The highest BCUT2D eigenvalue weighted by atomic mass is 16.4. The van der Waals surface area contributed by atoms with Gasteiger partial charge in [0, 0.05) is 5.69 Å². The van der Waals surface area contributed by atoms with E-state index in [4.69, 9.17) is 5.11 Å². The van der Waals surface area contributed by atoms with Gasteiger partial charge in [0.05, 0.1) is 12.3 Å². The Hall–Kier alpha value is -1.84. The van der Waals surface area contributed by atoms with Crippen LogP contribution in [0.5, 0.6) is 0 Å². The summed E-state index contributed by atoms with van der Waals surface area (Å²) >= 11 is 0. The molecule has 2 rings (SSSR count). The Balaban J connectivity index is 2.35. The molecule has 78 valence electrons. The van der Waals surface area contributed by atoms with Crippen molar-refractivity contribution in [2.45, 2.75) is 19.3 Å². The number of anilines is 1. The summed E-state index contributed by atoms with van der Waals surface area (Å²) in [7, 11) is 0. The second-order valence-corrected chi connectivity index (χ2v) is 3.70. The maximum Gasteiger partial charge on any atom is 0.310 e. The summed E-state index contributed by atoms with van der Waals surface area (Å²) in [5.41, 5.74) is 2.41. The summed E-state index contributed by atoms with van der Waals surface area (Å²) in [6, 6.07) is 5.28. The van der Waals surface area contributed by atoms with Crippen LogP contribution in [0.4, 0.5) is 5.69 Å². The van der Waals surface area contributed by atoms with Crippen molar-refractivity contribution in [1.29, 1.82) is 0 Å². The molecule has 15 heavy (non-hydrogen) atoms. The number of carboxylic acid groups (broad SMARTS) is 1. The highest BCUT2D eigenvalue weighted by Gasteiger charge is 2.20. The highest BCUT2D eigenvalue weighted by molar-refractivity contribution is 5.99. The van der Waals surface area contributed by atoms with E-state index in [0.29, 0.717) is 6.42 Å². The van der Waals surface area contributed by atoms with Gasteiger partial charge < -0.3 is 10.4 Å². The quantitative estimate of drug-likeness (QED) is 0.766. The monoisotopic (exact) mass is 205 g/mol. The molecule has 0 saturated carbocycles. The number of amides is 1. The van der Waals surface area contributed by atoms with Crippen LogP contribution in [-0.2, 0) is 16.0 Å². The van der Waals surface area contributed by atoms with Crippen molar-refractivity contribution in [1.82, 2.24) is 0 Å². The van der Waals surface area contributed by atoms with Gasteiger partial charge in [0.1, 0.15) is 0 Å². The predicted octanol–water partition coefficient (Wildman–Crippen LogP) is 1.37. The second-order valence-electron chi connectivity index (χ2n) is 3.70. The highest BCUT2D eigenvalue weighted by Crippen LogP contribution is 2.27. The first-order chi connectivity index (χ1) is 7.08. The lowest BCUT2D eigenvalue weighted by molar-refractivity contribution is -0.138. The molecule has 0 radical (unpaired) electrons. The summed E-state index contributed by atoms with van der Waals surface area (Å²) in [4.78, 5) is 21.9. The minimum atomic E-state index is -0.854. The van der Waals surface area contributed by atoms with Crippen LogP contribution >= 0.6 is 0 Å². The fourth-order valence-electron chi connectivity index (χ4n) is 1.66. The van der Waals surface area contributed by atoms with Crippen LogP contribution in [0.3, 0.4) is 0 Å². The van der Waals surface area contributed by atoms with Crippen molar-refractivity contribution in [2.75, 3.05) is 5.32 Å². The van der Waals surface area contributed by atoms with Crippen molar-refractivity contribution in [3.63, 3.8) is 0 Å². The van der Waals surface area contributed by atoms with Gasteiger partial charge in [0.15, 0.2) is 0 Å². The van der Waals surface area contributed by atoms with Crippen molar-refractivity contribution in [3.8, 4) is 0 Å². The van der Waals surface area contributed by atoms with E-state index in [1.807, 2.05) is 0 Å². The zero-order chi connectivity index (χ0) is 11.0. The number of benzene rings is 1. The van der Waals surface area contributed by atoms with Crippen molar-refractivity contribution in [2.24, 2.45) is 0 Å². The molecule has 0 aromatic heterocycles. The predicted molar refractivity (Wildman–Crippen MR) is 54.8 cm³/mol. The van der Waals surface area contributed by atoms with Crippen LogP contribution in [0.1, 0.15) is 24.0 Å². The molecule has 0 fully saturated rings. The number of carbonyl (C=O) groups is 2. The van der Waals surface area contributed by atoms with E-state index < -0.39 is 11.9 Å². The Morgan fingerprint density at radius 1 is 1.53 bits per heavy atom. The molecule has 0 aliphatic carbocycles. The molecule has 0 saturated heterocycles. The zero-order valence-electron chi connectivity index (χ0n) is 8.28. The van der Waals surface area contributed by atoms with E-state index in [9.17, 15) is 9.59 Å². The third-order valence-electron chi connectivity index (χ3n) is 2.62. The number of aliphatic carboxylic acids is 1. The fraction of sp³-hybridized carbons (Fsp3) is 0.273. The van der Waals surface area contributed by atoms with Crippen molar-refractivity contribution in [3.05, 3.63) is 29.3 Å². The molecule has 1 unspecified atom stereocenters. The number of carbonyl (C=O) groups excluding carboxylic acids is 1. The SMILES string of the molecule is CC(C(=O)O)c1ccc2c(c1)CC(=O)N2. The van der Waals surface area contributed by atoms with Gasteiger partial charge in [-0.15, -0.1) is 0 Å². The third-order valence-corrected chi connectivity index (χ3v) is 2.62. The lowest BCUT2D eigenvalue weighted by atomic mass is 9.98. The molecule has 1 amide bonds. The number of hydrogen-bond donors (Lipinski definition) is 2. The third kappa shape index (κ3) is 1.70. The Morgan fingerprint density at radius 2 is 2.27 bits per heavy atom. The number of fused-ring (bicyclic) bond motifs is 1. The summed E-state index contributed by atoms with van der Waals surface area (Å²) in [5.74, 6) is -1.43. The minimum Gasteiger partial charge on any atom is -0.481 e. The zero-order valence-corrected chi connectivity index (χ0v) is 8.28. The van der Waals surface area contributed by atoms with E-state index in [0.717, 1.165) is 16.8 Å². The van der Waals surface area contributed by atoms with Crippen LogP contribution in [0.25, 0.3) is 0 Å². The Labute approximate surface area is 86.9 Å². The molecule has 0 spiro atoms. The number of nitrogens with one attached hydrogen (secondary N) is 1. The Bertz CT molecular complexity index is 439. The first-order valence-corrected chi connectivity index (χ1v) is 4.73. The van der Waals surface area contributed by atoms with Gasteiger partial charge in [-0.25, -0.2) is 0 Å². The molecule has 1 aliphatic heterocycles. The second kappa shape index (κ2) is 3.38. The van der Waals surface area contributed by atoms with Crippen molar-refractivity contribution >= 4 is 17.6 Å². The Kier molecular flexibility index (Phi) is 2.19. The van der Waals surface area contributed by atoms with Gasteiger partial charge in [-0.05, 0) is 24.1 Å². The van der Waals surface area contributed by atoms with Crippen LogP contribution in [-0.4, -0.2) is 17.0 Å². The average Bonchev–Trinajstić information content (AvgIpc) is 2.55. The number of carboxylic acids is 1. The summed E-state index contributed by atoms with van der Waals surface area (Å²) in [5, 5.41) is 11.6. The normalized spacial score (nSPS) is 15.7. The van der Waals surface area contributed by atoms with Gasteiger partial charge in [-0.3, -0.25) is 9.59 Å². The van der Waals surface area contributed by atoms with Crippen LogP contribution < -0.4 is 5.32 Å². The maximum atomic E-state index is 11.1. The van der Waals surface area contributed by atoms with Gasteiger partial charge >= 0.3 is 5.97 Å². The van der Waals surface area contributed by atoms with E-state index in [1.54, 1.807) is 25.1 Å². The Morgan fingerprint density at radius 3 is 2.93 bits per heavy atom. The van der Waals surface area contributed by atoms with E-state index in [-0.39, 0.29) is 5.91 Å². The summed E-state index contributed by atoms with van der Waals surface area (Å²) in [6.07, 6.45) is 0.343. The molecule has 1 atom stereocenters. The number of hydrogen-bond acceptors (Lipinski definition) is 2. The molecule has 1 heterocycles. The summed E-state index contributed by atoms with van der Waals surface area (Å²) in [6.45, 7) is 1.63. The van der Waals surface area contributed by atoms with E-state index in [1.165, 1.54) is 0 Å². The standard InChI is InChI=1S/C11H11NO3/c1-6(11(14)15)7-2-3-9-8(4-7)5-10(13)12-9/h2-4,6H,5H2,1H3,(H,12,13)(H,14,15). The average molecular weight is 205 g/mol. The summed E-state index contributed by atoms with van der Waals surface area (Å²) < 4.78 is 0. The van der Waals surface area contributed by atoms with Gasteiger partial charge in [0.2, 0.25) is 5.91 Å². The van der Waals surface area contributed by atoms with Crippen LogP contribution in [0.2, 0.25) is 0 Å². The maximum absolute atomic E-state index is 11.1. The first kappa shape index (κ1) is 9.71. The molecule has 1 aromatic carbocycles. The smallest absolute Gasteiger partial charge is 0.310 e. The van der Waals surface area contributed by atoms with E-state index >= 15 is 0 Å². The lowest BCUT2D eigenvalue weighted by Gasteiger charge is -2.07. The molecule has 4 nitrogen and oxygen atoms in total. The molecule has 1 aliphatic rings. The molecular weight excluding hydrogens is 194 g/mol. The van der Waals surface area contributed by atoms with Crippen molar-refractivity contribution < 1.29 is 14.7 Å². The molecule has 1 aromatic rings. The molecular formula is C11H11NO3. The topological polar surface area (TPSA) is 66.4 Å². The van der Waals surface area contributed by atoms with Gasteiger partial charge in [-0.2, -0.15) is 0 Å². The molecule has 2 N–H and O–H groups in total. The molecule has 0 bridgehead atoms. The number of rotatable bonds is 2. The fourth-order valence-corrected chi connectivity index (χ4v) is 1.66.